The minimum Gasteiger partial charge on any atom is -0.413 e. The largest absolute Gasteiger partial charge is 0.413 e. The molecule has 0 amide bonds. The summed E-state index contributed by atoms with van der Waals surface area (Å²) in [5.41, 5.74) is 0. The van der Waals surface area contributed by atoms with Crippen LogP contribution in [0.25, 0.3) is 0 Å². The van der Waals surface area contributed by atoms with Gasteiger partial charge in [0.15, 0.2) is 16.6 Å². The first kappa shape index (κ1) is 29.1. The first-order valence-electron chi connectivity index (χ1n) is 14.4. The van der Waals surface area contributed by atoms with Gasteiger partial charge in [0.25, 0.3) is 0 Å². The van der Waals surface area contributed by atoms with Crippen LogP contribution in [0.15, 0.2) is 0 Å². The number of hydrogen-bond donors (Lipinski definition) is 0. The molecule has 0 N–H and O–H groups in total. The van der Waals surface area contributed by atoms with Gasteiger partial charge in [0.05, 0.1) is 6.10 Å². The van der Waals surface area contributed by atoms with Crippen molar-refractivity contribution < 1.29 is 13.6 Å². The average Bonchev–Trinajstić information content (AvgIpc) is 2.75. The van der Waals surface area contributed by atoms with E-state index < -0.39 is 16.6 Å². The molecule has 0 aromatic heterocycles. The van der Waals surface area contributed by atoms with Crippen LogP contribution in [0.5, 0.6) is 0 Å². The van der Waals surface area contributed by atoms with E-state index in [1.165, 1.54) is 32.1 Å². The molecule has 6 atom stereocenters. The third-order valence-electron chi connectivity index (χ3n) is 10.4. The van der Waals surface area contributed by atoms with Crippen LogP contribution in [0, 0.1) is 41.4 Å². The minimum atomic E-state index is -1.94. The van der Waals surface area contributed by atoms with E-state index >= 15 is 0 Å². The molecule has 3 nitrogen and oxygen atoms in total. The topological polar surface area (TPSA) is 35.5 Å². The van der Waals surface area contributed by atoms with Crippen molar-refractivity contribution in [2.45, 2.75) is 142 Å². The number of rotatable bonds is 5. The van der Waals surface area contributed by atoms with E-state index in [4.69, 9.17) is 8.85 Å². The van der Waals surface area contributed by atoms with Crippen LogP contribution in [-0.2, 0) is 13.6 Å². The van der Waals surface area contributed by atoms with Gasteiger partial charge in [0.2, 0.25) is 0 Å². The Kier molecular flexibility index (Phi) is 8.65. The Morgan fingerprint density at radius 3 is 1.97 bits per heavy atom. The van der Waals surface area contributed by atoms with Crippen molar-refractivity contribution in [3.63, 3.8) is 0 Å². The Morgan fingerprint density at radius 2 is 1.43 bits per heavy atom. The molecule has 3 saturated carbocycles. The van der Waals surface area contributed by atoms with Gasteiger partial charge in [-0.2, -0.15) is 0 Å². The molecule has 3 rings (SSSR count). The van der Waals surface area contributed by atoms with E-state index in [1.807, 2.05) is 0 Å². The molecule has 0 spiro atoms. The molecule has 0 aromatic carbocycles. The zero-order chi connectivity index (χ0) is 26.4. The van der Waals surface area contributed by atoms with Gasteiger partial charge in [-0.25, -0.2) is 0 Å². The Morgan fingerprint density at radius 1 is 0.857 bits per heavy atom. The second-order valence-corrected chi connectivity index (χ2v) is 24.4. The number of hydrogen-bond acceptors (Lipinski definition) is 3. The van der Waals surface area contributed by atoms with E-state index in [1.54, 1.807) is 0 Å². The molecule has 5 heteroatoms. The molecular weight excluding hydrogens is 464 g/mol. The summed E-state index contributed by atoms with van der Waals surface area (Å²) in [5, 5.41) is 0.333. The summed E-state index contributed by atoms with van der Waals surface area (Å²) >= 11 is 0. The molecule has 35 heavy (non-hydrogen) atoms. The maximum absolute atomic E-state index is 12.7. The van der Waals surface area contributed by atoms with Gasteiger partial charge < -0.3 is 8.85 Å². The maximum atomic E-state index is 12.7. The lowest BCUT2D eigenvalue weighted by molar-refractivity contribution is -0.151. The lowest BCUT2D eigenvalue weighted by atomic mass is 9.53. The standard InChI is InChI=1S/C30H54O3Si2/c1-21-27-23(26(20-18-24(27)28(21)31)33-35(10,11)30(5,6)7)17-19-25(22-15-13-12-14-16-22)32-34(8,9)29(2,3)4/h21-27H,12-16,18,20H2,1-11H3/t21?,23-,24-,25+,26+,27+/m0/s1. The van der Waals surface area contributed by atoms with Crippen LogP contribution in [0.4, 0.5) is 0 Å². The molecule has 0 radical (unpaired) electrons. The lowest BCUT2D eigenvalue weighted by Crippen LogP contribution is -2.57. The Labute approximate surface area is 219 Å². The fourth-order valence-corrected chi connectivity index (χ4v) is 8.46. The van der Waals surface area contributed by atoms with Crippen molar-refractivity contribution in [3.05, 3.63) is 0 Å². The molecule has 1 unspecified atom stereocenters. The summed E-state index contributed by atoms with van der Waals surface area (Å²) in [6, 6.07) is 0. The second kappa shape index (κ2) is 10.4. The fourth-order valence-electron chi connectivity index (χ4n) is 5.84. The number of carbonyl (C=O) groups is 1. The van der Waals surface area contributed by atoms with E-state index in [0.717, 1.165) is 12.8 Å². The van der Waals surface area contributed by atoms with Gasteiger partial charge in [-0.15, -0.1) is 0 Å². The zero-order valence-corrected chi connectivity index (χ0v) is 26.7. The highest BCUT2D eigenvalue weighted by Gasteiger charge is 2.56. The van der Waals surface area contributed by atoms with Crippen LogP contribution in [0.1, 0.15) is 93.4 Å². The predicted molar refractivity (Wildman–Crippen MR) is 152 cm³/mol. The summed E-state index contributed by atoms with van der Waals surface area (Å²) in [7, 11) is -3.87. The molecule has 0 aromatic rings. The Bertz CT molecular complexity index is 817. The number of fused-ring (bicyclic) bond motifs is 1. The molecule has 3 fully saturated rings. The minimum absolute atomic E-state index is 0.0103. The van der Waals surface area contributed by atoms with Gasteiger partial charge in [0.1, 0.15) is 11.9 Å². The molecule has 0 aliphatic heterocycles. The van der Waals surface area contributed by atoms with Gasteiger partial charge in [-0.1, -0.05) is 79.6 Å². The van der Waals surface area contributed by atoms with E-state index in [9.17, 15) is 4.79 Å². The van der Waals surface area contributed by atoms with Crippen molar-refractivity contribution in [2.75, 3.05) is 0 Å². The monoisotopic (exact) mass is 518 g/mol. The third-order valence-corrected chi connectivity index (χ3v) is 19.3. The van der Waals surface area contributed by atoms with E-state index in [0.29, 0.717) is 17.6 Å². The summed E-state index contributed by atoms with van der Waals surface area (Å²) in [5.74, 6) is 9.32. The maximum Gasteiger partial charge on any atom is 0.193 e. The first-order valence-corrected chi connectivity index (χ1v) is 20.2. The van der Waals surface area contributed by atoms with Crippen molar-refractivity contribution >= 4 is 22.4 Å². The van der Waals surface area contributed by atoms with Crippen LogP contribution in [0.3, 0.4) is 0 Å². The second-order valence-electron chi connectivity index (χ2n) is 14.9. The smallest absolute Gasteiger partial charge is 0.193 e. The molecule has 0 bridgehead atoms. The summed E-state index contributed by atoms with van der Waals surface area (Å²) in [6.45, 7) is 25.4. The van der Waals surface area contributed by atoms with Crippen LogP contribution >= 0.6 is 0 Å². The number of ketones is 1. The van der Waals surface area contributed by atoms with Gasteiger partial charge in [-0.05, 0) is 73.8 Å². The van der Waals surface area contributed by atoms with Crippen LogP contribution < -0.4 is 0 Å². The van der Waals surface area contributed by atoms with Crippen molar-refractivity contribution in [3.8, 4) is 11.8 Å². The Balaban J connectivity index is 1.93. The quantitative estimate of drug-likeness (QED) is 0.272. The van der Waals surface area contributed by atoms with Gasteiger partial charge in [-0.3, -0.25) is 4.79 Å². The highest BCUT2D eigenvalue weighted by molar-refractivity contribution is 6.74. The lowest BCUT2D eigenvalue weighted by Gasteiger charge is -2.52. The third kappa shape index (κ3) is 6.19. The van der Waals surface area contributed by atoms with Crippen molar-refractivity contribution in [1.29, 1.82) is 0 Å². The highest BCUT2D eigenvalue weighted by Crippen LogP contribution is 2.51. The molecular formula is C30H54O3Si2. The van der Waals surface area contributed by atoms with Crippen molar-refractivity contribution in [2.24, 2.45) is 29.6 Å². The highest BCUT2D eigenvalue weighted by atomic mass is 28.4. The molecule has 3 aliphatic rings. The van der Waals surface area contributed by atoms with Crippen LogP contribution in [0.2, 0.25) is 36.3 Å². The predicted octanol–water partition coefficient (Wildman–Crippen LogP) is 8.21. The molecule has 3 aliphatic carbocycles. The Hall–Kier alpha value is -0.416. The number of carbonyl (C=O) groups excluding carboxylic acids is 1. The summed E-state index contributed by atoms with van der Waals surface area (Å²) in [6.07, 6.45) is 8.45. The molecule has 0 saturated heterocycles. The fraction of sp³-hybridized carbons (Fsp3) is 0.900. The summed E-state index contributed by atoms with van der Waals surface area (Å²) in [4.78, 5) is 12.7. The zero-order valence-electron chi connectivity index (χ0n) is 24.7. The van der Waals surface area contributed by atoms with Gasteiger partial charge in [0, 0.05) is 17.8 Å². The molecule has 200 valence electrons. The number of Topliss-reactive ketones (excluding diaryl/α,β-unsaturated/α-hetero) is 1. The SMILES string of the molecule is CC1C(=O)[C@H]2CC[C@@H](O[Si](C)(C)C(C)(C)C)[C@H](C#C[C@@H](O[Si](C)(C)C(C)(C)C)C3CCCCC3)[C@@H]12. The van der Waals surface area contributed by atoms with E-state index in [-0.39, 0.29) is 40.0 Å². The van der Waals surface area contributed by atoms with Crippen LogP contribution in [-0.4, -0.2) is 34.6 Å². The first-order chi connectivity index (χ1) is 16.0. The average molecular weight is 519 g/mol. The molecule has 0 heterocycles. The van der Waals surface area contributed by atoms with Crippen molar-refractivity contribution in [1.82, 2.24) is 0 Å². The summed E-state index contributed by atoms with van der Waals surface area (Å²) < 4.78 is 14.0. The normalized spacial score (nSPS) is 31.7. The van der Waals surface area contributed by atoms with Gasteiger partial charge >= 0.3 is 0 Å². The van der Waals surface area contributed by atoms with E-state index in [2.05, 4.69) is 86.5 Å².